The molecule has 15 heavy (non-hydrogen) atoms. The smallest absolute Gasteiger partial charge is 0.358 e. The van der Waals surface area contributed by atoms with E-state index in [1.165, 1.54) is 0 Å². The Bertz CT molecular complexity index is 400. The SMILES string of the molecule is O=[N+]([O-])c1nc(C(F)F)c(F)cc1CCl. The van der Waals surface area contributed by atoms with Crippen molar-refractivity contribution in [1.29, 1.82) is 0 Å². The van der Waals surface area contributed by atoms with E-state index in [2.05, 4.69) is 4.98 Å². The van der Waals surface area contributed by atoms with Crippen molar-refractivity contribution in [2.45, 2.75) is 12.3 Å². The van der Waals surface area contributed by atoms with Crippen LogP contribution in [0.2, 0.25) is 0 Å². The van der Waals surface area contributed by atoms with Crippen molar-refractivity contribution >= 4 is 17.4 Å². The standard InChI is InChI=1S/C7H4ClF3N2O2/c8-2-3-1-4(9)5(6(10)11)12-7(3)13(14)15/h1,6H,2H2. The second kappa shape index (κ2) is 4.43. The molecule has 0 unspecified atom stereocenters. The molecular weight excluding hydrogens is 237 g/mol. The summed E-state index contributed by atoms with van der Waals surface area (Å²) in [7, 11) is 0. The summed E-state index contributed by atoms with van der Waals surface area (Å²) >= 11 is 5.28. The quantitative estimate of drug-likeness (QED) is 0.464. The highest BCUT2D eigenvalue weighted by molar-refractivity contribution is 6.17. The van der Waals surface area contributed by atoms with Crippen LogP contribution in [0.3, 0.4) is 0 Å². The van der Waals surface area contributed by atoms with Gasteiger partial charge >= 0.3 is 12.2 Å². The third-order valence-corrected chi connectivity index (χ3v) is 1.87. The Hall–Kier alpha value is -1.37. The number of hydrogen-bond acceptors (Lipinski definition) is 3. The van der Waals surface area contributed by atoms with Gasteiger partial charge in [-0.2, -0.15) is 0 Å². The van der Waals surface area contributed by atoms with Gasteiger partial charge in [-0.25, -0.2) is 13.2 Å². The molecular formula is C7H4ClF3N2O2. The number of pyridine rings is 1. The molecule has 1 rings (SSSR count). The summed E-state index contributed by atoms with van der Waals surface area (Å²) in [6.45, 7) is 0. The van der Waals surface area contributed by atoms with Crippen molar-refractivity contribution in [3.8, 4) is 0 Å². The summed E-state index contributed by atoms with van der Waals surface area (Å²) in [6, 6.07) is 0.597. The number of nitrogens with zero attached hydrogens (tertiary/aromatic N) is 2. The number of rotatable bonds is 3. The molecule has 0 N–H and O–H groups in total. The Morgan fingerprint density at radius 1 is 1.60 bits per heavy atom. The third kappa shape index (κ3) is 2.35. The second-order valence-corrected chi connectivity index (χ2v) is 2.80. The van der Waals surface area contributed by atoms with Crippen LogP contribution in [0.25, 0.3) is 0 Å². The number of aromatic nitrogens is 1. The molecule has 1 aromatic heterocycles. The van der Waals surface area contributed by atoms with Crippen molar-refractivity contribution in [3.05, 3.63) is 33.3 Å². The molecule has 4 nitrogen and oxygen atoms in total. The predicted octanol–water partition coefficient (Wildman–Crippen LogP) is 2.81. The fraction of sp³-hybridized carbons (Fsp3) is 0.286. The first-order valence-corrected chi connectivity index (χ1v) is 4.18. The number of alkyl halides is 3. The molecule has 0 aliphatic heterocycles. The zero-order chi connectivity index (χ0) is 11.6. The summed E-state index contributed by atoms with van der Waals surface area (Å²) in [6.07, 6.45) is -3.20. The van der Waals surface area contributed by atoms with Gasteiger partial charge in [-0.05, 0) is 16.0 Å². The van der Waals surface area contributed by atoms with Crippen LogP contribution in [0.5, 0.6) is 0 Å². The maximum atomic E-state index is 12.9. The second-order valence-electron chi connectivity index (χ2n) is 2.53. The van der Waals surface area contributed by atoms with E-state index in [9.17, 15) is 23.3 Å². The summed E-state index contributed by atoms with van der Waals surface area (Å²) in [4.78, 5) is 12.3. The predicted molar refractivity (Wildman–Crippen MR) is 45.4 cm³/mol. The first kappa shape index (κ1) is 11.7. The molecule has 82 valence electrons. The van der Waals surface area contributed by atoms with Crippen LogP contribution in [-0.2, 0) is 5.88 Å². The van der Waals surface area contributed by atoms with E-state index < -0.39 is 28.7 Å². The fourth-order valence-corrected chi connectivity index (χ4v) is 1.14. The van der Waals surface area contributed by atoms with Gasteiger partial charge in [-0.3, -0.25) is 0 Å². The average molecular weight is 241 g/mol. The summed E-state index contributed by atoms with van der Waals surface area (Å²) in [5.74, 6) is -2.52. The summed E-state index contributed by atoms with van der Waals surface area (Å²) < 4.78 is 37.2. The molecule has 0 saturated heterocycles. The maximum Gasteiger partial charge on any atom is 0.368 e. The molecule has 0 bridgehead atoms. The highest BCUT2D eigenvalue weighted by atomic mass is 35.5. The van der Waals surface area contributed by atoms with Gasteiger partial charge in [-0.1, -0.05) is 0 Å². The zero-order valence-corrected chi connectivity index (χ0v) is 7.84. The van der Waals surface area contributed by atoms with E-state index in [1.807, 2.05) is 0 Å². The van der Waals surface area contributed by atoms with Crippen molar-refractivity contribution in [1.82, 2.24) is 4.98 Å². The van der Waals surface area contributed by atoms with E-state index in [0.29, 0.717) is 6.07 Å². The Balaban J connectivity index is 3.37. The Labute approximate surface area is 86.8 Å². The van der Waals surface area contributed by atoms with Crippen LogP contribution < -0.4 is 0 Å². The minimum absolute atomic E-state index is 0.233. The van der Waals surface area contributed by atoms with E-state index in [0.717, 1.165) is 0 Å². The number of halogens is 4. The normalized spacial score (nSPS) is 10.7. The average Bonchev–Trinajstić information content (AvgIpc) is 2.16. The lowest BCUT2D eigenvalue weighted by Crippen LogP contribution is -2.04. The molecule has 0 radical (unpaired) electrons. The van der Waals surface area contributed by atoms with Gasteiger partial charge in [0.2, 0.25) is 0 Å². The topological polar surface area (TPSA) is 56.0 Å². The van der Waals surface area contributed by atoms with Gasteiger partial charge in [-0.15, -0.1) is 11.6 Å². The minimum Gasteiger partial charge on any atom is -0.358 e. The number of hydrogen-bond donors (Lipinski definition) is 0. The van der Waals surface area contributed by atoms with Crippen LogP contribution in [0.1, 0.15) is 17.7 Å². The maximum absolute atomic E-state index is 12.9. The van der Waals surface area contributed by atoms with Crippen molar-refractivity contribution in [2.24, 2.45) is 0 Å². The molecule has 8 heteroatoms. The van der Waals surface area contributed by atoms with Crippen LogP contribution in [0.4, 0.5) is 19.0 Å². The van der Waals surface area contributed by atoms with Crippen molar-refractivity contribution in [3.63, 3.8) is 0 Å². The number of nitro groups is 1. The van der Waals surface area contributed by atoms with Crippen LogP contribution in [0, 0.1) is 15.9 Å². The summed E-state index contributed by atoms with van der Waals surface area (Å²) in [5.41, 5.74) is -1.47. The molecule has 1 aromatic rings. The van der Waals surface area contributed by atoms with Crippen LogP contribution in [-0.4, -0.2) is 9.91 Å². The Morgan fingerprint density at radius 3 is 2.60 bits per heavy atom. The van der Waals surface area contributed by atoms with E-state index in [-0.39, 0.29) is 11.4 Å². The van der Waals surface area contributed by atoms with Gasteiger partial charge in [0.25, 0.3) is 5.69 Å². The zero-order valence-electron chi connectivity index (χ0n) is 7.08. The molecule has 0 aliphatic rings. The highest BCUT2D eigenvalue weighted by Crippen LogP contribution is 2.26. The fourth-order valence-electron chi connectivity index (χ4n) is 0.940. The lowest BCUT2D eigenvalue weighted by molar-refractivity contribution is -0.390. The van der Waals surface area contributed by atoms with Crippen LogP contribution >= 0.6 is 11.6 Å². The third-order valence-electron chi connectivity index (χ3n) is 1.58. The van der Waals surface area contributed by atoms with Gasteiger partial charge in [0.15, 0.2) is 5.82 Å². The molecule has 1 heterocycles. The molecule has 0 atom stereocenters. The van der Waals surface area contributed by atoms with Gasteiger partial charge in [0.05, 0.1) is 11.4 Å². The molecule has 0 fully saturated rings. The summed E-state index contributed by atoms with van der Waals surface area (Å²) in [5, 5.41) is 10.4. The molecule has 0 spiro atoms. The lowest BCUT2D eigenvalue weighted by atomic mass is 10.2. The van der Waals surface area contributed by atoms with Crippen molar-refractivity contribution in [2.75, 3.05) is 0 Å². The van der Waals surface area contributed by atoms with Crippen molar-refractivity contribution < 1.29 is 18.1 Å². The first-order valence-electron chi connectivity index (χ1n) is 3.65. The Kier molecular flexibility index (Phi) is 3.46. The van der Waals surface area contributed by atoms with Gasteiger partial charge in [0, 0.05) is 0 Å². The van der Waals surface area contributed by atoms with Crippen LogP contribution in [0.15, 0.2) is 6.07 Å². The lowest BCUT2D eigenvalue weighted by Gasteiger charge is -2.01. The Morgan fingerprint density at radius 2 is 2.20 bits per heavy atom. The van der Waals surface area contributed by atoms with E-state index in [4.69, 9.17) is 11.6 Å². The molecule has 0 aliphatic carbocycles. The molecule has 0 saturated carbocycles. The van der Waals surface area contributed by atoms with Gasteiger partial charge in [0.1, 0.15) is 0 Å². The highest BCUT2D eigenvalue weighted by Gasteiger charge is 2.27. The largest absolute Gasteiger partial charge is 0.368 e. The van der Waals surface area contributed by atoms with Gasteiger partial charge < -0.3 is 10.1 Å². The molecule has 0 amide bonds. The first-order chi connectivity index (χ1) is 6.97. The monoisotopic (exact) mass is 240 g/mol. The molecule has 0 aromatic carbocycles. The minimum atomic E-state index is -3.20. The van der Waals surface area contributed by atoms with E-state index in [1.54, 1.807) is 0 Å². The van der Waals surface area contributed by atoms with E-state index >= 15 is 0 Å².